The number of hydrogen-bond donors (Lipinski definition) is 1. The first-order valence-electron chi connectivity index (χ1n) is 7.20. The molecule has 2 heterocycles. The van der Waals surface area contributed by atoms with Gasteiger partial charge < -0.3 is 10.1 Å². The summed E-state index contributed by atoms with van der Waals surface area (Å²) in [5.41, 5.74) is 0.158. The van der Waals surface area contributed by atoms with Crippen molar-refractivity contribution in [1.29, 1.82) is 0 Å². The fraction of sp³-hybridized carbons (Fsp3) is 1.00. The van der Waals surface area contributed by atoms with Crippen LogP contribution in [0.5, 0.6) is 0 Å². The number of nitrogens with one attached hydrogen (secondary N) is 1. The van der Waals surface area contributed by atoms with Crippen LogP contribution in [-0.4, -0.2) is 35.3 Å². The average molecular weight is 257 g/mol. The molecule has 0 amide bonds. The van der Waals surface area contributed by atoms with Crippen molar-refractivity contribution in [2.45, 2.75) is 75.8 Å². The van der Waals surface area contributed by atoms with Crippen molar-refractivity contribution < 1.29 is 4.74 Å². The van der Waals surface area contributed by atoms with Crippen LogP contribution in [0, 0.1) is 0 Å². The average Bonchev–Trinajstić information content (AvgIpc) is 2.75. The number of hydrogen-bond acceptors (Lipinski definition) is 3. The third-order valence-corrected chi connectivity index (χ3v) is 5.93. The molecule has 2 aliphatic heterocycles. The molecule has 0 aromatic heterocycles. The largest absolute Gasteiger partial charge is 0.375 e. The zero-order valence-corrected chi connectivity index (χ0v) is 12.3. The van der Waals surface area contributed by atoms with Crippen LogP contribution in [0.4, 0.5) is 0 Å². The summed E-state index contributed by atoms with van der Waals surface area (Å²) in [5, 5.41) is 4.68. The monoisotopic (exact) mass is 257 g/mol. The van der Waals surface area contributed by atoms with E-state index in [9.17, 15) is 0 Å². The van der Waals surface area contributed by atoms with E-state index in [1.807, 2.05) is 0 Å². The van der Waals surface area contributed by atoms with Crippen molar-refractivity contribution in [2.24, 2.45) is 0 Å². The van der Waals surface area contributed by atoms with Gasteiger partial charge in [-0.3, -0.25) is 0 Å². The number of ether oxygens (including phenoxy) is 1. The van der Waals surface area contributed by atoms with Crippen LogP contribution in [-0.2, 0) is 4.74 Å². The van der Waals surface area contributed by atoms with E-state index in [1.165, 1.54) is 25.0 Å². The van der Waals surface area contributed by atoms with E-state index >= 15 is 0 Å². The molecule has 0 spiro atoms. The molecule has 0 radical (unpaired) electrons. The molecule has 2 saturated heterocycles. The lowest BCUT2D eigenvalue weighted by atomic mass is 9.85. The summed E-state index contributed by atoms with van der Waals surface area (Å²) >= 11 is 2.11. The molecule has 100 valence electrons. The lowest BCUT2D eigenvalue weighted by Crippen LogP contribution is -2.50. The minimum atomic E-state index is 0.158. The Kier molecular flexibility index (Phi) is 4.79. The van der Waals surface area contributed by atoms with Gasteiger partial charge in [-0.05, 0) is 37.9 Å². The predicted molar refractivity (Wildman–Crippen MR) is 75.7 cm³/mol. The van der Waals surface area contributed by atoms with Crippen LogP contribution >= 0.6 is 11.8 Å². The zero-order chi connectivity index (χ0) is 12.3. The van der Waals surface area contributed by atoms with E-state index in [0.717, 1.165) is 30.7 Å². The Bertz CT molecular complexity index is 242. The fourth-order valence-corrected chi connectivity index (χ4v) is 4.37. The minimum Gasteiger partial charge on any atom is -0.375 e. The second kappa shape index (κ2) is 5.94. The summed E-state index contributed by atoms with van der Waals surface area (Å²) in [6, 6.07) is 1.41. The van der Waals surface area contributed by atoms with E-state index < -0.39 is 0 Å². The second-order valence-corrected chi connectivity index (χ2v) is 7.05. The highest BCUT2D eigenvalue weighted by Crippen LogP contribution is 2.33. The molecular weight excluding hydrogens is 230 g/mol. The molecule has 0 aromatic rings. The Morgan fingerprint density at radius 1 is 1.29 bits per heavy atom. The Balaban J connectivity index is 1.88. The highest BCUT2D eigenvalue weighted by molar-refractivity contribution is 8.00. The van der Waals surface area contributed by atoms with Crippen molar-refractivity contribution in [3.05, 3.63) is 0 Å². The van der Waals surface area contributed by atoms with Crippen LogP contribution in [0.25, 0.3) is 0 Å². The van der Waals surface area contributed by atoms with Gasteiger partial charge in [0.2, 0.25) is 0 Å². The Labute approximate surface area is 110 Å². The van der Waals surface area contributed by atoms with Gasteiger partial charge in [0.25, 0.3) is 0 Å². The van der Waals surface area contributed by atoms with Gasteiger partial charge in [0.1, 0.15) is 0 Å². The van der Waals surface area contributed by atoms with Gasteiger partial charge in [0.15, 0.2) is 0 Å². The standard InChI is InChI=1S/C14H27NOS/c1-4-14(5-2)10-12(6-8-16-14)15-13-7-9-17-11(13)3/h11-13,15H,4-10H2,1-3H3. The molecule has 2 rings (SSSR count). The highest BCUT2D eigenvalue weighted by atomic mass is 32.2. The molecule has 3 atom stereocenters. The second-order valence-electron chi connectivity index (χ2n) is 5.57. The third-order valence-electron chi connectivity index (χ3n) is 4.61. The highest BCUT2D eigenvalue weighted by Gasteiger charge is 2.36. The van der Waals surface area contributed by atoms with Crippen molar-refractivity contribution in [3.63, 3.8) is 0 Å². The molecule has 3 heteroatoms. The van der Waals surface area contributed by atoms with Gasteiger partial charge in [0.05, 0.1) is 5.60 Å². The molecule has 17 heavy (non-hydrogen) atoms. The molecule has 1 N–H and O–H groups in total. The van der Waals surface area contributed by atoms with E-state index in [4.69, 9.17) is 4.74 Å². The molecule has 0 bridgehead atoms. The van der Waals surface area contributed by atoms with Gasteiger partial charge in [-0.15, -0.1) is 0 Å². The SMILES string of the molecule is CCC1(CC)CC(NC2CCSC2C)CCO1. The summed E-state index contributed by atoms with van der Waals surface area (Å²) in [7, 11) is 0. The van der Waals surface area contributed by atoms with E-state index in [0.29, 0.717) is 6.04 Å². The first-order valence-corrected chi connectivity index (χ1v) is 8.25. The number of thioether (sulfide) groups is 1. The molecule has 3 unspecified atom stereocenters. The Morgan fingerprint density at radius 2 is 2.06 bits per heavy atom. The maximum atomic E-state index is 6.04. The normalized spacial score (nSPS) is 37.2. The lowest BCUT2D eigenvalue weighted by molar-refractivity contribution is -0.0940. The summed E-state index contributed by atoms with van der Waals surface area (Å²) in [5.74, 6) is 1.33. The first kappa shape index (κ1) is 13.7. The van der Waals surface area contributed by atoms with Crippen LogP contribution in [0.2, 0.25) is 0 Å². The topological polar surface area (TPSA) is 21.3 Å². The van der Waals surface area contributed by atoms with Crippen LogP contribution in [0.3, 0.4) is 0 Å². The Morgan fingerprint density at radius 3 is 2.65 bits per heavy atom. The van der Waals surface area contributed by atoms with Gasteiger partial charge in [-0.25, -0.2) is 0 Å². The van der Waals surface area contributed by atoms with Gasteiger partial charge in [-0.2, -0.15) is 11.8 Å². The minimum absolute atomic E-state index is 0.158. The molecule has 0 saturated carbocycles. The summed E-state index contributed by atoms with van der Waals surface area (Å²) in [6.45, 7) is 7.83. The smallest absolute Gasteiger partial charge is 0.0692 e. The van der Waals surface area contributed by atoms with E-state index in [-0.39, 0.29) is 5.60 Å². The van der Waals surface area contributed by atoms with Crippen molar-refractivity contribution in [1.82, 2.24) is 5.32 Å². The predicted octanol–water partition coefficient (Wildman–Crippen LogP) is 3.21. The van der Waals surface area contributed by atoms with Gasteiger partial charge in [0, 0.05) is 23.9 Å². The van der Waals surface area contributed by atoms with Crippen molar-refractivity contribution >= 4 is 11.8 Å². The van der Waals surface area contributed by atoms with Crippen LogP contribution in [0.1, 0.15) is 52.9 Å². The molecule has 0 aliphatic carbocycles. The van der Waals surface area contributed by atoms with E-state index in [1.54, 1.807) is 0 Å². The van der Waals surface area contributed by atoms with E-state index in [2.05, 4.69) is 37.8 Å². The van der Waals surface area contributed by atoms with Gasteiger partial charge in [-0.1, -0.05) is 20.8 Å². The van der Waals surface area contributed by atoms with Crippen LogP contribution in [0.15, 0.2) is 0 Å². The molecule has 2 fully saturated rings. The molecule has 0 aromatic carbocycles. The quantitative estimate of drug-likeness (QED) is 0.835. The number of rotatable bonds is 4. The lowest BCUT2D eigenvalue weighted by Gasteiger charge is -2.41. The maximum Gasteiger partial charge on any atom is 0.0692 e. The molecule has 2 nitrogen and oxygen atoms in total. The van der Waals surface area contributed by atoms with Gasteiger partial charge >= 0.3 is 0 Å². The Hall–Kier alpha value is 0.270. The van der Waals surface area contributed by atoms with Crippen LogP contribution < -0.4 is 5.32 Å². The van der Waals surface area contributed by atoms with Crippen molar-refractivity contribution in [3.8, 4) is 0 Å². The maximum absolute atomic E-state index is 6.04. The third kappa shape index (κ3) is 3.18. The zero-order valence-electron chi connectivity index (χ0n) is 11.5. The summed E-state index contributed by atoms with van der Waals surface area (Å²) in [6.07, 6.45) is 6.03. The van der Waals surface area contributed by atoms with Crippen molar-refractivity contribution in [2.75, 3.05) is 12.4 Å². The summed E-state index contributed by atoms with van der Waals surface area (Å²) < 4.78 is 6.04. The fourth-order valence-electron chi connectivity index (χ4n) is 3.17. The molecule has 2 aliphatic rings. The summed E-state index contributed by atoms with van der Waals surface area (Å²) in [4.78, 5) is 0. The molecular formula is C14H27NOS. The first-order chi connectivity index (χ1) is 8.19.